The number of rotatable bonds is 3. The maximum Gasteiger partial charge on any atom is 0.397 e. The highest BCUT2D eigenvalue weighted by Gasteiger charge is 2.00. The Balaban J connectivity index is 3.42. The van der Waals surface area contributed by atoms with Crippen LogP contribution in [0.4, 0.5) is 0 Å². The van der Waals surface area contributed by atoms with Gasteiger partial charge in [-0.3, -0.25) is 4.55 Å². The van der Waals surface area contributed by atoms with Gasteiger partial charge in [0.2, 0.25) is 0 Å². The second-order valence-corrected chi connectivity index (χ2v) is 2.06. The molecule has 6 heteroatoms. The Hall–Kier alpha value is -0.170. The molecule has 8 heavy (non-hydrogen) atoms. The van der Waals surface area contributed by atoms with Crippen molar-refractivity contribution < 1.29 is 22.3 Å². The quantitative estimate of drug-likeness (QED) is 0.483. The number of hydrogen-bond donors (Lipinski definition) is 2. The molecule has 0 aromatic carbocycles. The van der Waals surface area contributed by atoms with Crippen molar-refractivity contribution >= 4 is 10.4 Å². The van der Waals surface area contributed by atoms with Crippen molar-refractivity contribution in [3.8, 4) is 0 Å². The van der Waals surface area contributed by atoms with Gasteiger partial charge in [0.1, 0.15) is 0 Å². The van der Waals surface area contributed by atoms with Crippen LogP contribution in [0.15, 0.2) is 0 Å². The standard InChI is InChI=1S/C2H6O5S/c3-1-2-7-8(4,5)6/h3H,1-2H2,(H,4,5,6). The minimum Gasteiger partial charge on any atom is -0.394 e. The fourth-order valence-electron chi connectivity index (χ4n) is 0.143. The van der Waals surface area contributed by atoms with Gasteiger partial charge in [0, 0.05) is 0 Å². The van der Waals surface area contributed by atoms with Crippen molar-refractivity contribution in [2.75, 3.05) is 13.2 Å². The molecule has 0 radical (unpaired) electrons. The summed E-state index contributed by atoms with van der Waals surface area (Å²) in [5.41, 5.74) is 0. The Morgan fingerprint density at radius 1 is 1.50 bits per heavy atom. The predicted molar refractivity (Wildman–Crippen MR) is 24.6 cm³/mol. The van der Waals surface area contributed by atoms with Crippen LogP contribution in [-0.4, -0.2) is 31.3 Å². The van der Waals surface area contributed by atoms with Crippen molar-refractivity contribution in [1.82, 2.24) is 0 Å². The summed E-state index contributed by atoms with van der Waals surface area (Å²) in [4.78, 5) is 0. The molecule has 0 aliphatic rings. The predicted octanol–water partition coefficient (Wildman–Crippen LogP) is -1.20. The summed E-state index contributed by atoms with van der Waals surface area (Å²) in [7, 11) is -4.35. The number of aliphatic hydroxyl groups excluding tert-OH is 1. The van der Waals surface area contributed by atoms with Crippen LogP contribution in [-0.2, 0) is 14.6 Å². The molecule has 0 aromatic heterocycles. The molecule has 0 heterocycles. The largest absolute Gasteiger partial charge is 0.397 e. The molecular weight excluding hydrogens is 136 g/mol. The lowest BCUT2D eigenvalue weighted by atomic mass is 10.8. The molecule has 0 spiro atoms. The first-order valence-electron chi connectivity index (χ1n) is 1.79. The smallest absolute Gasteiger partial charge is 0.394 e. The Morgan fingerprint density at radius 2 is 2.00 bits per heavy atom. The Morgan fingerprint density at radius 3 is 2.12 bits per heavy atom. The molecule has 0 saturated carbocycles. The van der Waals surface area contributed by atoms with E-state index < -0.39 is 23.6 Å². The number of hydrogen-bond acceptors (Lipinski definition) is 4. The lowest BCUT2D eigenvalue weighted by Crippen LogP contribution is -2.06. The molecule has 50 valence electrons. The molecule has 2 N–H and O–H groups in total. The zero-order chi connectivity index (χ0) is 6.62. The van der Waals surface area contributed by atoms with E-state index in [1.807, 2.05) is 0 Å². The molecule has 0 atom stereocenters. The van der Waals surface area contributed by atoms with Gasteiger partial charge in [-0.25, -0.2) is 4.18 Å². The molecule has 0 saturated heterocycles. The first-order valence-corrected chi connectivity index (χ1v) is 3.15. The van der Waals surface area contributed by atoms with Crippen molar-refractivity contribution in [3.63, 3.8) is 0 Å². The van der Waals surface area contributed by atoms with Gasteiger partial charge in [-0.2, -0.15) is 8.42 Å². The summed E-state index contributed by atoms with van der Waals surface area (Å²) in [6, 6.07) is 0. The maximum absolute atomic E-state index is 9.61. The van der Waals surface area contributed by atoms with E-state index >= 15 is 0 Å². The third-order valence-electron chi connectivity index (χ3n) is 0.324. The fraction of sp³-hybridized carbons (Fsp3) is 1.00. The Bertz CT molecular complexity index is 135. The van der Waals surface area contributed by atoms with Crippen molar-refractivity contribution in [1.29, 1.82) is 0 Å². The summed E-state index contributed by atoms with van der Waals surface area (Å²) in [5.74, 6) is 0. The van der Waals surface area contributed by atoms with E-state index in [4.69, 9.17) is 9.66 Å². The van der Waals surface area contributed by atoms with Crippen molar-refractivity contribution in [3.05, 3.63) is 0 Å². The van der Waals surface area contributed by atoms with Crippen LogP contribution in [0.25, 0.3) is 0 Å². The van der Waals surface area contributed by atoms with Gasteiger partial charge < -0.3 is 5.11 Å². The first kappa shape index (κ1) is 7.83. The third kappa shape index (κ3) is 5.83. The second-order valence-electron chi connectivity index (χ2n) is 0.973. The molecule has 0 rings (SSSR count). The summed E-state index contributed by atoms with van der Waals surface area (Å²) < 4.78 is 30.7. The zero-order valence-corrected chi connectivity index (χ0v) is 4.76. The minimum absolute atomic E-state index is 0.404. The normalized spacial score (nSPS) is 11.8. The average Bonchev–Trinajstić information content (AvgIpc) is 1.59. The molecule has 0 amide bonds. The van der Waals surface area contributed by atoms with Crippen LogP contribution < -0.4 is 0 Å². The average molecular weight is 142 g/mol. The second kappa shape index (κ2) is 2.98. The molecule has 0 aromatic rings. The van der Waals surface area contributed by atoms with Gasteiger partial charge in [-0.05, 0) is 0 Å². The van der Waals surface area contributed by atoms with Crippen molar-refractivity contribution in [2.24, 2.45) is 0 Å². The van der Waals surface area contributed by atoms with E-state index in [-0.39, 0.29) is 0 Å². The van der Waals surface area contributed by atoms with Crippen LogP contribution in [0.3, 0.4) is 0 Å². The van der Waals surface area contributed by atoms with Crippen molar-refractivity contribution in [2.45, 2.75) is 0 Å². The van der Waals surface area contributed by atoms with Crippen LogP contribution in [0.2, 0.25) is 0 Å². The highest BCUT2D eigenvalue weighted by molar-refractivity contribution is 7.80. The van der Waals surface area contributed by atoms with E-state index in [1.54, 1.807) is 0 Å². The van der Waals surface area contributed by atoms with Crippen LogP contribution in [0, 0.1) is 0 Å². The first-order chi connectivity index (χ1) is 3.56. The summed E-state index contributed by atoms with van der Waals surface area (Å²) in [6.45, 7) is -0.835. The monoisotopic (exact) mass is 142 g/mol. The van der Waals surface area contributed by atoms with Crippen LogP contribution in [0.5, 0.6) is 0 Å². The van der Waals surface area contributed by atoms with Gasteiger partial charge in [-0.15, -0.1) is 0 Å². The van der Waals surface area contributed by atoms with Gasteiger partial charge >= 0.3 is 10.4 Å². The van der Waals surface area contributed by atoms with E-state index in [2.05, 4.69) is 4.18 Å². The summed E-state index contributed by atoms with van der Waals surface area (Å²) >= 11 is 0. The number of aliphatic hydroxyl groups is 1. The van der Waals surface area contributed by atoms with Gasteiger partial charge in [-0.1, -0.05) is 0 Å². The molecule has 0 aliphatic carbocycles. The van der Waals surface area contributed by atoms with Crippen LogP contribution in [0.1, 0.15) is 0 Å². The molecule has 0 fully saturated rings. The van der Waals surface area contributed by atoms with Gasteiger partial charge in [0.05, 0.1) is 13.2 Å². The lowest BCUT2D eigenvalue weighted by molar-refractivity contribution is 0.188. The highest BCUT2D eigenvalue weighted by atomic mass is 32.3. The van der Waals surface area contributed by atoms with E-state index in [0.717, 1.165) is 0 Å². The molecular formula is C2H6O5S. The summed E-state index contributed by atoms with van der Waals surface area (Å²) in [6.07, 6.45) is 0. The van der Waals surface area contributed by atoms with Gasteiger partial charge in [0.15, 0.2) is 0 Å². The van der Waals surface area contributed by atoms with E-state index in [9.17, 15) is 8.42 Å². The SMILES string of the molecule is O=S(=O)(O)OCCO. The van der Waals surface area contributed by atoms with Gasteiger partial charge in [0.25, 0.3) is 0 Å². The van der Waals surface area contributed by atoms with E-state index in [0.29, 0.717) is 0 Å². The minimum atomic E-state index is -4.35. The van der Waals surface area contributed by atoms with E-state index in [1.165, 1.54) is 0 Å². The third-order valence-corrected chi connectivity index (χ3v) is 0.788. The molecule has 0 aliphatic heterocycles. The fourth-order valence-corrected chi connectivity index (χ4v) is 0.428. The Kier molecular flexibility index (Phi) is 2.91. The molecule has 0 unspecified atom stereocenters. The molecule has 5 nitrogen and oxygen atoms in total. The Labute approximate surface area is 46.8 Å². The lowest BCUT2D eigenvalue weighted by Gasteiger charge is -1.92. The maximum atomic E-state index is 9.61. The highest BCUT2D eigenvalue weighted by Crippen LogP contribution is 1.81. The zero-order valence-electron chi connectivity index (χ0n) is 3.94. The molecule has 0 bridgehead atoms. The van der Waals surface area contributed by atoms with Crippen LogP contribution >= 0.6 is 0 Å². The topological polar surface area (TPSA) is 83.8 Å². The summed E-state index contributed by atoms with van der Waals surface area (Å²) in [5, 5.41) is 7.93.